The van der Waals surface area contributed by atoms with Gasteiger partial charge in [-0.15, -0.1) is 0 Å². The largest absolute Gasteiger partial charge is 0.359 e. The Morgan fingerprint density at radius 3 is 2.08 bits per heavy atom. The van der Waals surface area contributed by atoms with Crippen molar-refractivity contribution in [1.29, 1.82) is 10.5 Å². The highest BCUT2D eigenvalue weighted by atomic mass is 16.8. The number of hydrogen-bond acceptors (Lipinski definition) is 8. The van der Waals surface area contributed by atoms with Gasteiger partial charge in [0.2, 0.25) is 22.1 Å². The molecule has 0 bridgehead atoms. The normalized spacial score (nSPS) is 9.92. The van der Waals surface area contributed by atoms with Crippen LogP contribution in [0.1, 0.15) is 11.1 Å². The fourth-order valence-electron chi connectivity index (χ4n) is 1.89. The molecule has 10 heteroatoms. The first-order valence-electron chi connectivity index (χ1n) is 6.41. The zero-order chi connectivity index (χ0) is 17.1. The molecule has 0 radical (unpaired) electrons. The van der Waals surface area contributed by atoms with Gasteiger partial charge in [0, 0.05) is 22.4 Å². The van der Waals surface area contributed by atoms with Gasteiger partial charge in [-0.3, -0.25) is 9.26 Å². The number of nitriles is 2. The van der Waals surface area contributed by atoms with Crippen LogP contribution < -0.4 is 9.81 Å². The molecule has 0 saturated carbocycles. The maximum Gasteiger partial charge on any atom is 0.249 e. The molecular formula is C14H6N6O4. The van der Waals surface area contributed by atoms with Gasteiger partial charge in [0.1, 0.15) is 0 Å². The van der Waals surface area contributed by atoms with E-state index in [2.05, 4.69) is 19.6 Å². The zero-order valence-electron chi connectivity index (χ0n) is 11.8. The van der Waals surface area contributed by atoms with Crippen LogP contribution in [0.4, 0.5) is 0 Å². The Bertz CT molecular complexity index is 1120. The second-order valence-corrected chi connectivity index (χ2v) is 4.49. The molecule has 2 aromatic heterocycles. The van der Waals surface area contributed by atoms with E-state index in [-0.39, 0.29) is 10.4 Å². The standard InChI is InChI=1S/2C7H3N3O2/c8-4-5-1-2-7-6(3-5)9-12-10(7)11;8-4-5-1-2-6-7(3-5)10(11)12-9-6/h2*1-3H. The minimum atomic E-state index is 0.272. The summed E-state index contributed by atoms with van der Waals surface area (Å²) in [5.41, 5.74) is 2.31. The Morgan fingerprint density at radius 1 is 0.792 bits per heavy atom. The summed E-state index contributed by atoms with van der Waals surface area (Å²) in [6.07, 6.45) is 0. The first-order valence-corrected chi connectivity index (χ1v) is 6.41. The van der Waals surface area contributed by atoms with E-state index in [0.717, 1.165) is 0 Å². The van der Waals surface area contributed by atoms with Crippen LogP contribution in [-0.4, -0.2) is 10.3 Å². The van der Waals surface area contributed by atoms with Gasteiger partial charge < -0.3 is 10.4 Å². The fourth-order valence-corrected chi connectivity index (χ4v) is 1.89. The van der Waals surface area contributed by atoms with Crippen molar-refractivity contribution in [2.24, 2.45) is 0 Å². The second-order valence-electron chi connectivity index (χ2n) is 4.49. The highest BCUT2D eigenvalue weighted by Gasteiger charge is 2.09. The van der Waals surface area contributed by atoms with E-state index in [1.807, 2.05) is 12.1 Å². The van der Waals surface area contributed by atoms with E-state index in [1.54, 1.807) is 12.1 Å². The maximum atomic E-state index is 10.8. The van der Waals surface area contributed by atoms with Crippen LogP contribution in [0.5, 0.6) is 0 Å². The Kier molecular flexibility index (Phi) is 3.63. The van der Waals surface area contributed by atoms with E-state index >= 15 is 0 Å². The number of rotatable bonds is 0. The SMILES string of the molecule is N#Cc1ccc2c(c1)no[n+]2[O-].N#Cc1ccc2no[n+]([O-])c2c1. The lowest BCUT2D eigenvalue weighted by molar-refractivity contribution is -0.782. The summed E-state index contributed by atoms with van der Waals surface area (Å²) in [5, 5.41) is 45.5. The maximum absolute atomic E-state index is 10.8. The molecule has 0 atom stereocenters. The molecule has 116 valence electrons. The number of nitrogens with zero attached hydrogens (tertiary/aromatic N) is 6. The van der Waals surface area contributed by atoms with Crippen LogP contribution in [0.2, 0.25) is 0 Å². The van der Waals surface area contributed by atoms with E-state index < -0.39 is 0 Å². The predicted molar refractivity (Wildman–Crippen MR) is 75.4 cm³/mol. The number of benzene rings is 2. The summed E-state index contributed by atoms with van der Waals surface area (Å²) in [6.45, 7) is 0. The highest BCUT2D eigenvalue weighted by Crippen LogP contribution is 2.09. The molecule has 0 amide bonds. The first kappa shape index (κ1) is 14.7. The molecule has 2 heterocycles. The third-order valence-corrected chi connectivity index (χ3v) is 3.03. The van der Waals surface area contributed by atoms with Gasteiger partial charge >= 0.3 is 0 Å². The Balaban J connectivity index is 0.000000141. The van der Waals surface area contributed by atoms with Crippen LogP contribution in [0.3, 0.4) is 0 Å². The first-order chi connectivity index (χ1) is 11.6. The lowest BCUT2D eigenvalue weighted by atomic mass is 10.2. The van der Waals surface area contributed by atoms with Crippen LogP contribution in [0.15, 0.2) is 45.7 Å². The van der Waals surface area contributed by atoms with Gasteiger partial charge in [0.25, 0.3) is 0 Å². The van der Waals surface area contributed by atoms with Gasteiger partial charge in [0.05, 0.1) is 23.3 Å². The quantitative estimate of drug-likeness (QED) is 0.428. The van der Waals surface area contributed by atoms with Crippen molar-refractivity contribution < 1.29 is 19.1 Å². The summed E-state index contributed by atoms with van der Waals surface area (Å²) in [6, 6.07) is 12.9. The molecule has 4 aromatic rings. The van der Waals surface area contributed by atoms with Crippen molar-refractivity contribution in [2.45, 2.75) is 0 Å². The van der Waals surface area contributed by atoms with E-state index in [4.69, 9.17) is 10.5 Å². The minimum absolute atomic E-state index is 0.272. The molecule has 24 heavy (non-hydrogen) atoms. The Hall–Kier alpha value is -4.18. The van der Waals surface area contributed by atoms with Crippen LogP contribution in [-0.2, 0) is 0 Å². The molecular weight excluding hydrogens is 316 g/mol. The van der Waals surface area contributed by atoms with Crippen molar-refractivity contribution in [1.82, 2.24) is 10.3 Å². The zero-order valence-corrected chi connectivity index (χ0v) is 11.8. The Labute approximate surface area is 133 Å². The van der Waals surface area contributed by atoms with Crippen LogP contribution >= 0.6 is 0 Å². The van der Waals surface area contributed by atoms with Gasteiger partial charge in [0.15, 0.2) is 0 Å². The smallest absolute Gasteiger partial charge is 0.249 e. The van der Waals surface area contributed by atoms with E-state index in [9.17, 15) is 10.4 Å². The van der Waals surface area contributed by atoms with Crippen molar-refractivity contribution in [3.63, 3.8) is 0 Å². The predicted octanol–water partition coefficient (Wildman–Crippen LogP) is 0.666. The van der Waals surface area contributed by atoms with Crippen molar-refractivity contribution in [2.75, 3.05) is 0 Å². The van der Waals surface area contributed by atoms with Gasteiger partial charge in [-0.1, -0.05) is 0 Å². The number of hydrogen-bond donors (Lipinski definition) is 0. The van der Waals surface area contributed by atoms with E-state index in [1.165, 1.54) is 24.3 Å². The average Bonchev–Trinajstić information content (AvgIpc) is 3.18. The van der Waals surface area contributed by atoms with Crippen molar-refractivity contribution in [3.8, 4) is 12.1 Å². The molecule has 0 N–H and O–H groups in total. The lowest BCUT2D eigenvalue weighted by Crippen LogP contribution is -2.22. The van der Waals surface area contributed by atoms with Crippen LogP contribution in [0.25, 0.3) is 22.1 Å². The van der Waals surface area contributed by atoms with Gasteiger partial charge in [-0.25, -0.2) is 0 Å². The summed E-state index contributed by atoms with van der Waals surface area (Å²) >= 11 is 0. The summed E-state index contributed by atoms with van der Waals surface area (Å²) < 4.78 is 8.63. The van der Waals surface area contributed by atoms with Gasteiger partial charge in [-0.2, -0.15) is 10.5 Å². The molecule has 0 spiro atoms. The molecule has 0 unspecified atom stereocenters. The number of fused-ring (bicyclic) bond motifs is 2. The summed E-state index contributed by atoms with van der Waals surface area (Å²) in [4.78, 5) is 0.576. The van der Waals surface area contributed by atoms with Crippen molar-refractivity contribution >= 4 is 22.1 Å². The number of aromatic nitrogens is 4. The minimum Gasteiger partial charge on any atom is -0.359 e. The Morgan fingerprint density at radius 2 is 1.38 bits per heavy atom. The molecule has 0 aliphatic rings. The lowest BCUT2D eigenvalue weighted by Gasteiger charge is -1.86. The van der Waals surface area contributed by atoms with E-state index in [0.29, 0.717) is 32.6 Å². The molecule has 0 aliphatic heterocycles. The molecule has 0 fully saturated rings. The topological polar surface area (TPSA) is 154 Å². The summed E-state index contributed by atoms with van der Waals surface area (Å²) in [5.74, 6) is 0. The van der Waals surface area contributed by atoms with Crippen LogP contribution in [0, 0.1) is 33.1 Å². The average molecular weight is 322 g/mol. The monoisotopic (exact) mass is 322 g/mol. The second kappa shape index (κ2) is 5.90. The molecule has 10 nitrogen and oxygen atoms in total. The molecule has 2 aromatic carbocycles. The fraction of sp³-hybridized carbons (Fsp3) is 0. The molecule has 4 rings (SSSR count). The summed E-state index contributed by atoms with van der Waals surface area (Å²) in [7, 11) is 0. The van der Waals surface area contributed by atoms with Gasteiger partial charge in [-0.05, 0) is 34.1 Å². The highest BCUT2D eigenvalue weighted by molar-refractivity contribution is 5.72. The molecule has 0 saturated heterocycles. The molecule has 0 aliphatic carbocycles. The van der Waals surface area contributed by atoms with Crippen molar-refractivity contribution in [3.05, 3.63) is 57.9 Å². The third kappa shape index (κ3) is 2.63. The third-order valence-electron chi connectivity index (χ3n) is 3.03.